The van der Waals surface area contributed by atoms with Crippen molar-refractivity contribution in [2.24, 2.45) is 7.05 Å². The van der Waals surface area contributed by atoms with Crippen molar-refractivity contribution >= 4 is 29.3 Å². The number of hydrogen-bond acceptors (Lipinski definition) is 6. The molecule has 10 heteroatoms. The monoisotopic (exact) mass is 314 g/mol. The first-order valence-electron chi connectivity index (χ1n) is 5.12. The Kier molecular flexibility index (Phi) is 3.91. The molecule has 0 atom stereocenters. The molecule has 20 heavy (non-hydrogen) atoms. The maximum absolute atomic E-state index is 11.2. The van der Waals surface area contributed by atoms with Gasteiger partial charge in [0.2, 0.25) is 0 Å². The molecule has 104 valence electrons. The molecule has 0 aromatic carbocycles. The van der Waals surface area contributed by atoms with Crippen LogP contribution in [0.1, 0.15) is 10.4 Å². The molecule has 0 bridgehead atoms. The molecule has 0 aliphatic rings. The number of aromatic nitrogens is 4. The third-order valence-electron chi connectivity index (χ3n) is 2.20. The van der Waals surface area contributed by atoms with Gasteiger partial charge in [0.25, 0.3) is 0 Å². The molecule has 2 aromatic rings. The van der Waals surface area contributed by atoms with E-state index in [1.165, 1.54) is 24.0 Å². The molecule has 0 spiro atoms. The van der Waals surface area contributed by atoms with Gasteiger partial charge in [0.05, 0.1) is 10.6 Å². The summed E-state index contributed by atoms with van der Waals surface area (Å²) < 4.78 is 1.24. The average molecular weight is 315 g/mol. The van der Waals surface area contributed by atoms with E-state index < -0.39 is 17.1 Å². The summed E-state index contributed by atoms with van der Waals surface area (Å²) in [6.45, 7) is 0. The number of rotatable bonds is 3. The minimum atomic E-state index is -1.19. The van der Waals surface area contributed by atoms with E-state index in [-0.39, 0.29) is 20.8 Å². The van der Waals surface area contributed by atoms with Crippen LogP contribution < -0.4 is 11.1 Å². The molecule has 0 amide bonds. The smallest absolute Gasteiger partial charge is 0.339 e. The summed E-state index contributed by atoms with van der Waals surface area (Å²) in [6.07, 6.45) is 1.19. The number of halogens is 1. The highest BCUT2D eigenvalue weighted by molar-refractivity contribution is 7.99. The fourth-order valence-electron chi connectivity index (χ4n) is 1.28. The highest BCUT2D eigenvalue weighted by Crippen LogP contribution is 2.25. The highest BCUT2D eigenvalue weighted by Gasteiger charge is 2.13. The quantitative estimate of drug-likeness (QED) is 0.785. The van der Waals surface area contributed by atoms with Crippen LogP contribution in [-0.4, -0.2) is 30.8 Å². The molecular formula is C10H7ClN4O4S. The van der Waals surface area contributed by atoms with Crippen molar-refractivity contribution in [3.8, 4) is 0 Å². The second-order valence-electron chi connectivity index (χ2n) is 3.61. The first-order valence-corrected chi connectivity index (χ1v) is 6.32. The van der Waals surface area contributed by atoms with Crippen molar-refractivity contribution in [3.63, 3.8) is 0 Å². The molecule has 0 radical (unpaired) electrons. The van der Waals surface area contributed by atoms with Crippen LogP contribution in [-0.2, 0) is 7.05 Å². The van der Waals surface area contributed by atoms with Gasteiger partial charge in [-0.05, 0) is 17.8 Å². The minimum absolute atomic E-state index is 0.00478. The normalized spacial score (nSPS) is 10.5. The molecule has 0 saturated heterocycles. The molecule has 2 heterocycles. The molecular weight excluding hydrogens is 308 g/mol. The van der Waals surface area contributed by atoms with Gasteiger partial charge in [0.1, 0.15) is 5.03 Å². The molecule has 2 rings (SSSR count). The summed E-state index contributed by atoms with van der Waals surface area (Å²) in [5.41, 5.74) is -1.89. The number of H-pyrrole nitrogens is 1. The Morgan fingerprint density at radius 1 is 1.50 bits per heavy atom. The number of carboxylic acids is 1. The van der Waals surface area contributed by atoms with Gasteiger partial charge in [-0.25, -0.2) is 9.78 Å². The Bertz CT molecular complexity index is 801. The van der Waals surface area contributed by atoms with Crippen molar-refractivity contribution < 1.29 is 9.90 Å². The summed E-state index contributed by atoms with van der Waals surface area (Å²) in [4.78, 5) is 40.7. The van der Waals surface area contributed by atoms with E-state index >= 15 is 0 Å². The van der Waals surface area contributed by atoms with Crippen LogP contribution in [0.15, 0.2) is 32.0 Å². The summed E-state index contributed by atoms with van der Waals surface area (Å²) in [7, 11) is 1.49. The van der Waals surface area contributed by atoms with Crippen LogP contribution in [0.5, 0.6) is 0 Å². The Hall–Kier alpha value is -2.13. The predicted octanol–water partition coefficient (Wildman–Crippen LogP) is 0.366. The lowest BCUT2D eigenvalue weighted by molar-refractivity contribution is 0.0696. The summed E-state index contributed by atoms with van der Waals surface area (Å²) >= 11 is 6.63. The second kappa shape index (κ2) is 5.47. The predicted molar refractivity (Wildman–Crippen MR) is 70.4 cm³/mol. The van der Waals surface area contributed by atoms with Gasteiger partial charge < -0.3 is 5.11 Å². The van der Waals surface area contributed by atoms with Gasteiger partial charge in [0, 0.05) is 13.2 Å². The molecule has 0 aliphatic heterocycles. The lowest BCUT2D eigenvalue weighted by Gasteiger charge is -2.06. The van der Waals surface area contributed by atoms with Gasteiger partial charge in [-0.2, -0.15) is 4.98 Å². The first-order chi connectivity index (χ1) is 9.38. The molecule has 0 fully saturated rings. The highest BCUT2D eigenvalue weighted by atomic mass is 35.5. The number of aryl methyl sites for hydroxylation is 1. The summed E-state index contributed by atoms with van der Waals surface area (Å²) in [6, 6.07) is 1.26. The standard InChI is InChI=1S/C10H7ClN4O4S/c1-15-10(13-7(16)8(17)14-15)20-6-2-4(9(18)19)5(11)3-12-6/h2-3H,1H3,(H,14,17)(H,18,19). The van der Waals surface area contributed by atoms with E-state index in [9.17, 15) is 14.4 Å². The van der Waals surface area contributed by atoms with Crippen LogP contribution in [0, 0.1) is 0 Å². The van der Waals surface area contributed by atoms with Gasteiger partial charge >= 0.3 is 17.1 Å². The third kappa shape index (κ3) is 2.89. The van der Waals surface area contributed by atoms with E-state index in [1.807, 2.05) is 0 Å². The van der Waals surface area contributed by atoms with E-state index in [2.05, 4.69) is 15.1 Å². The summed E-state index contributed by atoms with van der Waals surface area (Å²) in [5.74, 6) is -1.19. The Morgan fingerprint density at radius 2 is 2.20 bits per heavy atom. The van der Waals surface area contributed by atoms with Gasteiger partial charge in [-0.15, -0.1) is 0 Å². The van der Waals surface area contributed by atoms with Crippen molar-refractivity contribution in [1.82, 2.24) is 19.7 Å². The van der Waals surface area contributed by atoms with Gasteiger partial charge in [0.15, 0.2) is 5.16 Å². The van der Waals surface area contributed by atoms with Crippen LogP contribution in [0.25, 0.3) is 0 Å². The fourth-order valence-corrected chi connectivity index (χ4v) is 2.25. The molecule has 0 unspecified atom stereocenters. The van der Waals surface area contributed by atoms with E-state index in [1.54, 1.807) is 0 Å². The number of aromatic amines is 1. The SMILES string of the molecule is Cn1[nH]c(=O)c(=O)nc1Sc1cc(C(=O)O)c(Cl)cn1. The van der Waals surface area contributed by atoms with Crippen molar-refractivity contribution in [3.05, 3.63) is 43.6 Å². The Labute approximate surface area is 120 Å². The number of nitrogens with one attached hydrogen (secondary N) is 1. The van der Waals surface area contributed by atoms with Gasteiger partial charge in [-0.3, -0.25) is 19.4 Å². The summed E-state index contributed by atoms with van der Waals surface area (Å²) in [5, 5.41) is 11.7. The maximum atomic E-state index is 11.2. The Morgan fingerprint density at radius 3 is 2.85 bits per heavy atom. The van der Waals surface area contributed by atoms with E-state index in [0.29, 0.717) is 0 Å². The lowest BCUT2D eigenvalue weighted by atomic mass is 10.3. The number of hydrogen-bond donors (Lipinski definition) is 2. The average Bonchev–Trinajstić information content (AvgIpc) is 2.37. The molecule has 8 nitrogen and oxygen atoms in total. The number of carboxylic acid groups (broad SMARTS) is 1. The number of aromatic carboxylic acids is 1. The first kappa shape index (κ1) is 14.3. The Balaban J connectivity index is 2.43. The molecule has 0 aliphatic carbocycles. The van der Waals surface area contributed by atoms with Crippen LogP contribution in [0.3, 0.4) is 0 Å². The molecule has 0 saturated carbocycles. The second-order valence-corrected chi connectivity index (χ2v) is 5.00. The fraction of sp³-hybridized carbons (Fsp3) is 0.100. The van der Waals surface area contributed by atoms with Crippen LogP contribution >= 0.6 is 23.4 Å². The number of nitrogens with zero attached hydrogens (tertiary/aromatic N) is 3. The van der Waals surface area contributed by atoms with Crippen molar-refractivity contribution in [2.75, 3.05) is 0 Å². The van der Waals surface area contributed by atoms with Crippen LogP contribution in [0.4, 0.5) is 0 Å². The van der Waals surface area contributed by atoms with E-state index in [4.69, 9.17) is 16.7 Å². The lowest BCUT2D eigenvalue weighted by Crippen LogP contribution is -2.33. The number of pyridine rings is 1. The molecule has 2 N–H and O–H groups in total. The van der Waals surface area contributed by atoms with Crippen LogP contribution in [0.2, 0.25) is 5.02 Å². The third-order valence-corrected chi connectivity index (χ3v) is 3.49. The zero-order valence-electron chi connectivity index (χ0n) is 9.95. The molecule has 2 aromatic heterocycles. The topological polar surface area (TPSA) is 118 Å². The zero-order valence-corrected chi connectivity index (χ0v) is 11.5. The van der Waals surface area contributed by atoms with E-state index in [0.717, 1.165) is 11.8 Å². The minimum Gasteiger partial charge on any atom is -0.478 e. The van der Waals surface area contributed by atoms with Crippen molar-refractivity contribution in [1.29, 1.82) is 0 Å². The number of carbonyl (C=O) groups is 1. The van der Waals surface area contributed by atoms with Gasteiger partial charge in [-0.1, -0.05) is 11.6 Å². The largest absolute Gasteiger partial charge is 0.478 e. The van der Waals surface area contributed by atoms with Crippen molar-refractivity contribution in [2.45, 2.75) is 10.2 Å². The zero-order chi connectivity index (χ0) is 14.9. The maximum Gasteiger partial charge on any atom is 0.339 e.